The zero-order valence-electron chi connectivity index (χ0n) is 7.71. The standard InChI is InChI=1S/C10H9N3O/c1-13-6-8(7-14)10(12-13)9-4-2-3-5-11-9/h2-7H,1H3. The molecule has 0 N–H and O–H groups in total. The van der Waals surface area contributed by atoms with Crippen LogP contribution in [-0.4, -0.2) is 21.1 Å². The van der Waals surface area contributed by atoms with Crippen LogP contribution >= 0.6 is 0 Å². The maximum atomic E-state index is 10.7. The van der Waals surface area contributed by atoms with E-state index in [-0.39, 0.29) is 0 Å². The molecule has 2 heterocycles. The number of hydrogen-bond donors (Lipinski definition) is 0. The lowest BCUT2D eigenvalue weighted by molar-refractivity contribution is 0.112. The van der Waals surface area contributed by atoms with Crippen LogP contribution in [0.3, 0.4) is 0 Å². The molecule has 0 aliphatic rings. The maximum absolute atomic E-state index is 10.7. The van der Waals surface area contributed by atoms with E-state index < -0.39 is 0 Å². The third-order valence-electron chi connectivity index (χ3n) is 1.89. The number of nitrogens with zero attached hydrogens (tertiary/aromatic N) is 3. The van der Waals surface area contributed by atoms with Gasteiger partial charge in [-0.3, -0.25) is 14.5 Å². The molecule has 4 heteroatoms. The van der Waals surface area contributed by atoms with Crippen molar-refractivity contribution in [3.05, 3.63) is 36.2 Å². The summed E-state index contributed by atoms with van der Waals surface area (Å²) in [5.41, 5.74) is 1.91. The number of pyridine rings is 1. The molecular weight excluding hydrogens is 178 g/mol. The summed E-state index contributed by atoms with van der Waals surface area (Å²) in [7, 11) is 1.78. The Hall–Kier alpha value is -1.97. The molecule has 0 unspecified atom stereocenters. The number of carbonyl (C=O) groups excluding carboxylic acids is 1. The van der Waals surface area contributed by atoms with Crippen LogP contribution in [0.5, 0.6) is 0 Å². The van der Waals surface area contributed by atoms with E-state index in [2.05, 4.69) is 10.1 Å². The van der Waals surface area contributed by atoms with Crippen molar-refractivity contribution >= 4 is 6.29 Å². The van der Waals surface area contributed by atoms with Gasteiger partial charge in [-0.15, -0.1) is 0 Å². The van der Waals surface area contributed by atoms with Gasteiger partial charge in [-0.1, -0.05) is 6.07 Å². The Morgan fingerprint density at radius 3 is 2.93 bits per heavy atom. The lowest BCUT2D eigenvalue weighted by atomic mass is 10.2. The van der Waals surface area contributed by atoms with Gasteiger partial charge in [0.15, 0.2) is 6.29 Å². The van der Waals surface area contributed by atoms with E-state index in [9.17, 15) is 4.79 Å². The molecule has 2 aromatic heterocycles. The predicted molar refractivity (Wildman–Crippen MR) is 51.8 cm³/mol. The van der Waals surface area contributed by atoms with E-state index in [4.69, 9.17) is 0 Å². The van der Waals surface area contributed by atoms with Crippen molar-refractivity contribution in [2.75, 3.05) is 0 Å². The Balaban J connectivity index is 2.56. The van der Waals surface area contributed by atoms with Crippen LogP contribution in [0.1, 0.15) is 10.4 Å². The molecule has 70 valence electrons. The number of carbonyl (C=O) groups is 1. The van der Waals surface area contributed by atoms with Crippen LogP contribution < -0.4 is 0 Å². The molecule has 0 radical (unpaired) electrons. The van der Waals surface area contributed by atoms with Gasteiger partial charge in [0.25, 0.3) is 0 Å². The van der Waals surface area contributed by atoms with Crippen LogP contribution in [0, 0.1) is 0 Å². The third-order valence-corrected chi connectivity index (χ3v) is 1.89. The Labute approximate surface area is 81.2 Å². The predicted octanol–water partition coefficient (Wildman–Crippen LogP) is 1.29. The molecule has 0 amide bonds. The first-order valence-corrected chi connectivity index (χ1v) is 4.21. The van der Waals surface area contributed by atoms with Gasteiger partial charge in [-0.2, -0.15) is 5.10 Å². The van der Waals surface area contributed by atoms with E-state index >= 15 is 0 Å². The smallest absolute Gasteiger partial charge is 0.153 e. The van der Waals surface area contributed by atoms with Crippen LogP contribution in [-0.2, 0) is 7.05 Å². The van der Waals surface area contributed by atoms with E-state index in [1.807, 2.05) is 18.2 Å². The number of aromatic nitrogens is 3. The zero-order chi connectivity index (χ0) is 9.97. The minimum absolute atomic E-state index is 0.561. The van der Waals surface area contributed by atoms with Gasteiger partial charge in [0.05, 0.1) is 11.3 Å². The van der Waals surface area contributed by atoms with Crippen molar-refractivity contribution in [2.24, 2.45) is 7.05 Å². The first-order valence-electron chi connectivity index (χ1n) is 4.21. The summed E-state index contributed by atoms with van der Waals surface area (Å²) < 4.78 is 1.60. The topological polar surface area (TPSA) is 47.8 Å². The average Bonchev–Trinajstić information content (AvgIpc) is 2.61. The number of rotatable bonds is 2. The zero-order valence-corrected chi connectivity index (χ0v) is 7.71. The monoisotopic (exact) mass is 187 g/mol. The Morgan fingerprint density at radius 2 is 2.29 bits per heavy atom. The molecular formula is C10H9N3O. The molecule has 0 spiro atoms. The molecule has 0 aliphatic carbocycles. The minimum atomic E-state index is 0.561. The molecule has 0 saturated carbocycles. The summed E-state index contributed by atoms with van der Waals surface area (Å²) >= 11 is 0. The summed E-state index contributed by atoms with van der Waals surface area (Å²) in [5.74, 6) is 0. The largest absolute Gasteiger partial charge is 0.298 e. The number of aldehydes is 1. The van der Waals surface area contributed by atoms with Gasteiger partial charge in [-0.05, 0) is 12.1 Å². The second kappa shape index (κ2) is 3.41. The van der Waals surface area contributed by atoms with Gasteiger partial charge in [0, 0.05) is 19.4 Å². The Morgan fingerprint density at radius 1 is 1.43 bits per heavy atom. The van der Waals surface area contributed by atoms with Crippen molar-refractivity contribution < 1.29 is 4.79 Å². The fourth-order valence-electron chi connectivity index (χ4n) is 1.29. The summed E-state index contributed by atoms with van der Waals surface area (Å²) in [6, 6.07) is 5.52. The molecule has 14 heavy (non-hydrogen) atoms. The van der Waals surface area contributed by atoms with Gasteiger partial charge in [-0.25, -0.2) is 0 Å². The first-order chi connectivity index (χ1) is 6.81. The van der Waals surface area contributed by atoms with Crippen molar-refractivity contribution in [2.45, 2.75) is 0 Å². The van der Waals surface area contributed by atoms with Gasteiger partial charge in [0.2, 0.25) is 0 Å². The molecule has 0 aliphatic heterocycles. The normalized spacial score (nSPS) is 10.1. The third kappa shape index (κ3) is 1.42. The summed E-state index contributed by atoms with van der Waals surface area (Å²) in [6.45, 7) is 0. The van der Waals surface area contributed by atoms with Gasteiger partial charge < -0.3 is 0 Å². The molecule has 2 rings (SSSR count). The van der Waals surface area contributed by atoms with Crippen LogP contribution in [0.2, 0.25) is 0 Å². The SMILES string of the molecule is Cn1cc(C=O)c(-c2ccccn2)n1. The highest BCUT2D eigenvalue weighted by molar-refractivity contribution is 5.84. The van der Waals surface area contributed by atoms with Crippen molar-refractivity contribution in [1.29, 1.82) is 0 Å². The molecule has 2 aromatic rings. The summed E-state index contributed by atoms with van der Waals surface area (Å²) in [6.07, 6.45) is 4.15. The van der Waals surface area contributed by atoms with Gasteiger partial charge >= 0.3 is 0 Å². The van der Waals surface area contributed by atoms with E-state index in [1.54, 1.807) is 24.1 Å². The number of hydrogen-bond acceptors (Lipinski definition) is 3. The Bertz CT molecular complexity index is 448. The maximum Gasteiger partial charge on any atom is 0.153 e. The average molecular weight is 187 g/mol. The second-order valence-corrected chi connectivity index (χ2v) is 2.94. The van der Waals surface area contributed by atoms with Crippen molar-refractivity contribution in [3.63, 3.8) is 0 Å². The first kappa shape index (κ1) is 8.62. The molecule has 0 saturated heterocycles. The second-order valence-electron chi connectivity index (χ2n) is 2.94. The van der Waals surface area contributed by atoms with Crippen molar-refractivity contribution in [1.82, 2.24) is 14.8 Å². The highest BCUT2D eigenvalue weighted by atomic mass is 16.1. The molecule has 0 atom stereocenters. The highest BCUT2D eigenvalue weighted by Crippen LogP contribution is 2.17. The lowest BCUT2D eigenvalue weighted by Gasteiger charge is -1.94. The van der Waals surface area contributed by atoms with Crippen LogP contribution in [0.4, 0.5) is 0 Å². The molecule has 0 aromatic carbocycles. The lowest BCUT2D eigenvalue weighted by Crippen LogP contribution is -1.89. The van der Waals surface area contributed by atoms with E-state index in [0.29, 0.717) is 11.3 Å². The molecule has 0 bridgehead atoms. The van der Waals surface area contributed by atoms with E-state index in [0.717, 1.165) is 12.0 Å². The molecule has 4 nitrogen and oxygen atoms in total. The van der Waals surface area contributed by atoms with E-state index in [1.165, 1.54) is 0 Å². The summed E-state index contributed by atoms with van der Waals surface area (Å²) in [5, 5.41) is 4.17. The highest BCUT2D eigenvalue weighted by Gasteiger charge is 2.09. The fraction of sp³-hybridized carbons (Fsp3) is 0.100. The van der Waals surface area contributed by atoms with Gasteiger partial charge in [0.1, 0.15) is 5.69 Å². The molecule has 0 fully saturated rings. The summed E-state index contributed by atoms with van der Waals surface area (Å²) in [4.78, 5) is 14.9. The van der Waals surface area contributed by atoms with Crippen LogP contribution in [0.15, 0.2) is 30.6 Å². The van der Waals surface area contributed by atoms with Crippen molar-refractivity contribution in [3.8, 4) is 11.4 Å². The van der Waals surface area contributed by atoms with Crippen LogP contribution in [0.25, 0.3) is 11.4 Å². The fourth-order valence-corrected chi connectivity index (χ4v) is 1.29. The Kier molecular flexibility index (Phi) is 2.10. The quantitative estimate of drug-likeness (QED) is 0.665. The minimum Gasteiger partial charge on any atom is -0.298 e. The number of aryl methyl sites for hydroxylation is 1.